The number of nitrogens with two attached hydrogens (primary N) is 1. The lowest BCUT2D eigenvalue weighted by Gasteiger charge is -2.02. The highest BCUT2D eigenvalue weighted by Gasteiger charge is 2.15. The third kappa shape index (κ3) is 2.07. The van der Waals surface area contributed by atoms with Gasteiger partial charge >= 0.3 is 0 Å². The van der Waals surface area contributed by atoms with E-state index in [1.165, 1.54) is 4.68 Å². The molecule has 3 aromatic heterocycles. The fourth-order valence-electron chi connectivity index (χ4n) is 3.19. The quantitative estimate of drug-likeness (QED) is 0.533. The van der Waals surface area contributed by atoms with Gasteiger partial charge in [0.2, 0.25) is 0 Å². The average Bonchev–Trinajstić information content (AvgIpc) is 3.21. The van der Waals surface area contributed by atoms with Gasteiger partial charge in [-0.1, -0.05) is 48.5 Å². The third-order valence-electron chi connectivity index (χ3n) is 4.49. The molecule has 7 nitrogen and oxygen atoms in total. The van der Waals surface area contributed by atoms with E-state index >= 15 is 0 Å². The number of anilines is 1. The van der Waals surface area contributed by atoms with Crippen LogP contribution >= 0.6 is 0 Å². The summed E-state index contributed by atoms with van der Waals surface area (Å²) < 4.78 is 3.52. The summed E-state index contributed by atoms with van der Waals surface area (Å²) in [6.45, 7) is 0. The van der Waals surface area contributed by atoms with Gasteiger partial charge in [-0.2, -0.15) is 14.8 Å². The smallest absolute Gasteiger partial charge is 0.274 e. The van der Waals surface area contributed by atoms with E-state index in [2.05, 4.69) is 20.3 Å². The minimum atomic E-state index is 0.350. The maximum absolute atomic E-state index is 6.15. The van der Waals surface area contributed by atoms with Gasteiger partial charge in [-0.25, -0.2) is 0 Å². The maximum Gasteiger partial charge on any atom is 0.274 e. The summed E-state index contributed by atoms with van der Waals surface area (Å²) in [7, 11) is 1.96. The Morgan fingerprint density at radius 3 is 2.54 bits per heavy atom. The predicted molar refractivity (Wildman–Crippen MR) is 101 cm³/mol. The molecule has 0 aliphatic rings. The van der Waals surface area contributed by atoms with Gasteiger partial charge in [0.25, 0.3) is 5.95 Å². The van der Waals surface area contributed by atoms with Crippen molar-refractivity contribution in [3.8, 4) is 17.2 Å². The number of aromatic nitrogens is 6. The molecule has 26 heavy (non-hydrogen) atoms. The predicted octanol–water partition coefficient (Wildman–Crippen LogP) is 2.95. The number of fused-ring (bicyclic) bond motifs is 3. The molecule has 0 bridgehead atoms. The Balaban J connectivity index is 1.69. The molecule has 0 aliphatic carbocycles. The number of nitrogens with zero attached hydrogens (tertiary/aromatic N) is 6. The van der Waals surface area contributed by atoms with Gasteiger partial charge in [0.1, 0.15) is 11.3 Å². The normalized spacial score (nSPS) is 11.4. The van der Waals surface area contributed by atoms with Crippen molar-refractivity contribution in [2.24, 2.45) is 7.05 Å². The molecule has 0 radical (unpaired) electrons. The van der Waals surface area contributed by atoms with E-state index in [0.29, 0.717) is 11.8 Å². The van der Waals surface area contributed by atoms with E-state index < -0.39 is 0 Å². The van der Waals surface area contributed by atoms with Gasteiger partial charge < -0.3 is 10.3 Å². The van der Waals surface area contributed by atoms with Crippen molar-refractivity contribution in [3.63, 3.8) is 0 Å². The van der Waals surface area contributed by atoms with Crippen LogP contribution in [0.25, 0.3) is 39.3 Å². The number of hydrogen-bond donors (Lipinski definition) is 1. The van der Waals surface area contributed by atoms with Crippen molar-refractivity contribution in [2.75, 3.05) is 5.73 Å². The molecule has 5 aromatic rings. The average molecular weight is 341 g/mol. The van der Waals surface area contributed by atoms with Gasteiger partial charge in [-0.3, -0.25) is 0 Å². The van der Waals surface area contributed by atoms with Crippen molar-refractivity contribution in [3.05, 3.63) is 60.7 Å². The van der Waals surface area contributed by atoms with Gasteiger partial charge in [0.15, 0.2) is 5.65 Å². The fourth-order valence-corrected chi connectivity index (χ4v) is 3.19. The molecule has 126 valence electrons. The highest BCUT2D eigenvalue weighted by molar-refractivity contribution is 6.04. The maximum atomic E-state index is 6.15. The number of benzene rings is 2. The first-order valence-corrected chi connectivity index (χ1v) is 8.21. The topological polar surface area (TPSA) is 87.4 Å². The van der Waals surface area contributed by atoms with E-state index in [-0.39, 0.29) is 0 Å². The van der Waals surface area contributed by atoms with Gasteiger partial charge in [0.05, 0.1) is 11.2 Å². The molecule has 0 atom stereocenters. The zero-order valence-corrected chi connectivity index (χ0v) is 14.0. The van der Waals surface area contributed by atoms with Crippen LogP contribution in [0.4, 0.5) is 5.82 Å². The van der Waals surface area contributed by atoms with E-state index in [0.717, 1.165) is 33.3 Å². The molecule has 0 spiro atoms. The van der Waals surface area contributed by atoms with E-state index in [9.17, 15) is 0 Å². The zero-order valence-electron chi connectivity index (χ0n) is 14.0. The summed E-state index contributed by atoms with van der Waals surface area (Å²) in [5.41, 5.74) is 10.5. The number of hydrogen-bond acceptors (Lipinski definition) is 5. The number of para-hydroxylation sites is 1. The van der Waals surface area contributed by atoms with Crippen LogP contribution < -0.4 is 5.73 Å². The van der Waals surface area contributed by atoms with Gasteiger partial charge in [0, 0.05) is 24.1 Å². The molecule has 0 unspecified atom stereocenters. The second-order valence-corrected chi connectivity index (χ2v) is 6.09. The fraction of sp³-hybridized carbons (Fsp3) is 0.0526. The molecular weight excluding hydrogens is 326 g/mol. The highest BCUT2D eigenvalue weighted by atomic mass is 15.4. The second kappa shape index (κ2) is 5.38. The van der Waals surface area contributed by atoms with Gasteiger partial charge in [-0.15, -0.1) is 10.2 Å². The van der Waals surface area contributed by atoms with E-state index in [4.69, 9.17) is 5.73 Å². The number of nitrogen functional groups attached to an aromatic ring is 1. The molecule has 2 aromatic carbocycles. The SMILES string of the molecule is Cn1c2ccccc2c2nnc(-n3nc(-c4ccccc4)cc3N)nc21. The molecule has 0 amide bonds. The van der Waals surface area contributed by atoms with Crippen molar-refractivity contribution in [2.45, 2.75) is 0 Å². The van der Waals surface area contributed by atoms with Crippen LogP contribution in [0.3, 0.4) is 0 Å². The van der Waals surface area contributed by atoms with Crippen molar-refractivity contribution >= 4 is 27.9 Å². The first-order valence-electron chi connectivity index (χ1n) is 8.21. The molecule has 2 N–H and O–H groups in total. The van der Waals surface area contributed by atoms with Crippen LogP contribution in [0, 0.1) is 0 Å². The van der Waals surface area contributed by atoms with Crippen molar-refractivity contribution < 1.29 is 0 Å². The summed E-state index contributed by atoms with van der Waals surface area (Å²) in [4.78, 5) is 4.66. The lowest BCUT2D eigenvalue weighted by atomic mass is 10.2. The minimum Gasteiger partial charge on any atom is -0.383 e. The molecule has 0 saturated carbocycles. The van der Waals surface area contributed by atoms with Crippen LogP contribution in [-0.4, -0.2) is 29.5 Å². The lowest BCUT2D eigenvalue weighted by molar-refractivity contribution is 0.791. The Hall–Kier alpha value is -3.74. The summed E-state index contributed by atoms with van der Waals surface area (Å²) in [5, 5.41) is 14.2. The molecule has 0 saturated heterocycles. The molecule has 7 heteroatoms. The minimum absolute atomic E-state index is 0.350. The Bertz CT molecular complexity index is 1250. The summed E-state index contributed by atoms with van der Waals surface area (Å²) in [6.07, 6.45) is 0. The summed E-state index contributed by atoms with van der Waals surface area (Å²) in [5.74, 6) is 0.812. The standard InChI is InChI=1S/C19H15N7/c1-25-15-10-6-5-9-13(15)17-18(25)21-19(23-22-17)26-16(20)11-14(24-26)12-7-3-2-4-8-12/h2-11H,20H2,1H3. The van der Waals surface area contributed by atoms with E-state index in [1.54, 1.807) is 0 Å². The Kier molecular flexibility index (Phi) is 3.02. The molecule has 0 fully saturated rings. The molecule has 5 rings (SSSR count). The molecule has 3 heterocycles. The Labute approximate surface area is 148 Å². The lowest BCUT2D eigenvalue weighted by Crippen LogP contribution is -2.08. The summed E-state index contributed by atoms with van der Waals surface area (Å²) >= 11 is 0. The third-order valence-corrected chi connectivity index (χ3v) is 4.49. The Morgan fingerprint density at radius 1 is 0.923 bits per heavy atom. The molecule has 0 aliphatic heterocycles. The van der Waals surface area contributed by atoms with Crippen LogP contribution in [-0.2, 0) is 7.05 Å². The van der Waals surface area contributed by atoms with Gasteiger partial charge in [-0.05, 0) is 6.07 Å². The summed E-state index contributed by atoms with van der Waals surface area (Å²) in [6, 6.07) is 19.7. The monoisotopic (exact) mass is 341 g/mol. The zero-order chi connectivity index (χ0) is 17.7. The number of rotatable bonds is 2. The van der Waals surface area contributed by atoms with Crippen LogP contribution in [0.2, 0.25) is 0 Å². The van der Waals surface area contributed by atoms with Crippen LogP contribution in [0.5, 0.6) is 0 Å². The van der Waals surface area contributed by atoms with E-state index in [1.807, 2.05) is 72.3 Å². The first kappa shape index (κ1) is 14.6. The van der Waals surface area contributed by atoms with Crippen molar-refractivity contribution in [1.82, 2.24) is 29.5 Å². The van der Waals surface area contributed by atoms with Crippen molar-refractivity contribution in [1.29, 1.82) is 0 Å². The highest BCUT2D eigenvalue weighted by Crippen LogP contribution is 2.26. The second-order valence-electron chi connectivity index (χ2n) is 6.09. The largest absolute Gasteiger partial charge is 0.383 e. The number of aryl methyl sites for hydroxylation is 1. The van der Waals surface area contributed by atoms with Crippen LogP contribution in [0.15, 0.2) is 60.7 Å². The van der Waals surface area contributed by atoms with Crippen LogP contribution in [0.1, 0.15) is 0 Å². The first-order chi connectivity index (χ1) is 12.7. The molecular formula is C19H15N7. The Morgan fingerprint density at radius 2 is 1.69 bits per heavy atom.